The molecule has 1 rings (SSSR count). The zero-order chi connectivity index (χ0) is 11.6. The number of carbonyl (C=O) groups excluding carboxylic acids is 1. The Morgan fingerprint density at radius 2 is 1.80 bits per heavy atom. The molecule has 1 amide bonds. The van der Waals surface area contributed by atoms with Crippen LogP contribution in [0.3, 0.4) is 0 Å². The third-order valence-corrected chi connectivity index (χ3v) is 1.95. The van der Waals surface area contributed by atoms with Crippen LogP contribution < -0.4 is 10.5 Å². The molecule has 0 saturated heterocycles. The first kappa shape index (κ1) is 11.4. The molecule has 0 fully saturated rings. The third-order valence-electron chi connectivity index (χ3n) is 1.95. The average Bonchev–Trinajstić information content (AvgIpc) is 2.10. The normalized spacial score (nSPS) is 10.5. The monoisotopic (exact) mass is 215 g/mol. The first-order chi connectivity index (χ1) is 6.91. The molecule has 0 saturated carbocycles. The predicted octanol–water partition coefficient (Wildman–Crippen LogP) is 2.00. The molecule has 0 atom stereocenters. The van der Waals surface area contributed by atoms with E-state index in [0.29, 0.717) is 11.1 Å². The van der Waals surface area contributed by atoms with Crippen LogP contribution in [0.1, 0.15) is 21.5 Å². The highest BCUT2D eigenvalue weighted by atomic mass is 19.3. The van der Waals surface area contributed by atoms with Gasteiger partial charge in [0.15, 0.2) is 0 Å². The van der Waals surface area contributed by atoms with Crippen LogP contribution in [-0.4, -0.2) is 12.5 Å². The lowest BCUT2D eigenvalue weighted by atomic mass is 10.1. The van der Waals surface area contributed by atoms with Crippen molar-refractivity contribution in [3.05, 3.63) is 28.8 Å². The van der Waals surface area contributed by atoms with Gasteiger partial charge in [-0.3, -0.25) is 4.79 Å². The van der Waals surface area contributed by atoms with Gasteiger partial charge in [-0.15, -0.1) is 0 Å². The number of hydrogen-bond donors (Lipinski definition) is 1. The molecule has 0 unspecified atom stereocenters. The summed E-state index contributed by atoms with van der Waals surface area (Å²) in [6.07, 6.45) is 0. The Labute approximate surface area is 85.8 Å². The van der Waals surface area contributed by atoms with Crippen molar-refractivity contribution < 1.29 is 18.3 Å². The van der Waals surface area contributed by atoms with E-state index in [0.717, 1.165) is 0 Å². The maximum absolute atomic E-state index is 12.0. The van der Waals surface area contributed by atoms with E-state index in [4.69, 9.17) is 5.73 Å². The lowest BCUT2D eigenvalue weighted by Gasteiger charge is -2.11. The summed E-state index contributed by atoms with van der Waals surface area (Å²) in [5.74, 6) is -0.500. The molecule has 0 aliphatic heterocycles. The number of aryl methyl sites for hydroxylation is 2. The number of primary amides is 1. The minimum atomic E-state index is -2.87. The third kappa shape index (κ3) is 2.65. The van der Waals surface area contributed by atoms with E-state index in [1.54, 1.807) is 13.8 Å². The number of ether oxygens (including phenoxy) is 1. The van der Waals surface area contributed by atoms with Crippen LogP contribution >= 0.6 is 0 Å². The number of alkyl halides is 2. The van der Waals surface area contributed by atoms with Crippen molar-refractivity contribution in [2.24, 2.45) is 5.73 Å². The number of amides is 1. The van der Waals surface area contributed by atoms with Gasteiger partial charge in [-0.25, -0.2) is 0 Å². The molecular formula is C10H11F2NO2. The average molecular weight is 215 g/mol. The Bertz CT molecular complexity index is 368. The fourth-order valence-corrected chi connectivity index (χ4v) is 1.37. The van der Waals surface area contributed by atoms with Crippen LogP contribution in [0.4, 0.5) is 8.78 Å². The molecule has 0 aliphatic rings. The second-order valence-corrected chi connectivity index (χ2v) is 3.18. The van der Waals surface area contributed by atoms with E-state index in [1.807, 2.05) is 0 Å². The molecule has 15 heavy (non-hydrogen) atoms. The second-order valence-electron chi connectivity index (χ2n) is 3.18. The van der Waals surface area contributed by atoms with Crippen molar-refractivity contribution in [3.8, 4) is 5.75 Å². The predicted molar refractivity (Wildman–Crippen MR) is 51.1 cm³/mol. The number of halogens is 2. The first-order valence-electron chi connectivity index (χ1n) is 4.27. The molecule has 1 aromatic rings. The van der Waals surface area contributed by atoms with E-state index in [2.05, 4.69) is 4.74 Å². The van der Waals surface area contributed by atoms with Gasteiger partial charge in [0.05, 0.1) is 0 Å². The Morgan fingerprint density at radius 1 is 1.33 bits per heavy atom. The molecule has 0 aliphatic carbocycles. The summed E-state index contributed by atoms with van der Waals surface area (Å²) in [5, 5.41) is 0. The number of rotatable bonds is 3. The van der Waals surface area contributed by atoms with Crippen molar-refractivity contribution in [1.82, 2.24) is 0 Å². The van der Waals surface area contributed by atoms with Crippen molar-refractivity contribution in [2.45, 2.75) is 20.5 Å². The molecule has 5 heteroatoms. The van der Waals surface area contributed by atoms with Gasteiger partial charge in [0.2, 0.25) is 5.91 Å². The molecule has 3 nitrogen and oxygen atoms in total. The number of benzene rings is 1. The number of nitrogens with two attached hydrogens (primary N) is 1. The van der Waals surface area contributed by atoms with Gasteiger partial charge in [0.1, 0.15) is 5.75 Å². The molecule has 0 heterocycles. The lowest BCUT2D eigenvalue weighted by molar-refractivity contribution is -0.0507. The molecule has 2 N–H and O–H groups in total. The number of hydrogen-bond acceptors (Lipinski definition) is 2. The van der Waals surface area contributed by atoms with Gasteiger partial charge in [-0.05, 0) is 37.1 Å². The topological polar surface area (TPSA) is 52.3 Å². The summed E-state index contributed by atoms with van der Waals surface area (Å²) in [5.41, 5.74) is 6.28. The van der Waals surface area contributed by atoms with Gasteiger partial charge in [-0.2, -0.15) is 8.78 Å². The summed E-state index contributed by atoms with van der Waals surface area (Å²) in [6.45, 7) is 0.288. The van der Waals surface area contributed by atoms with Gasteiger partial charge in [0.25, 0.3) is 0 Å². The van der Waals surface area contributed by atoms with Gasteiger partial charge in [0, 0.05) is 5.56 Å². The highest BCUT2D eigenvalue weighted by Crippen LogP contribution is 2.26. The van der Waals surface area contributed by atoms with Crippen LogP contribution in [0.5, 0.6) is 5.75 Å². The van der Waals surface area contributed by atoms with E-state index < -0.39 is 12.5 Å². The summed E-state index contributed by atoms with van der Waals surface area (Å²) in [4.78, 5) is 10.9. The van der Waals surface area contributed by atoms with Crippen molar-refractivity contribution in [3.63, 3.8) is 0 Å². The molecule has 1 aromatic carbocycles. The standard InChI is InChI=1S/C10H11F2NO2/c1-5-3-7(9(13)14)4-6(2)8(5)15-10(11)12/h3-4,10H,1-2H3,(H2,13,14). The molecule has 0 radical (unpaired) electrons. The summed E-state index contributed by atoms with van der Waals surface area (Å²) >= 11 is 0. The van der Waals surface area contributed by atoms with Crippen LogP contribution in [-0.2, 0) is 0 Å². The van der Waals surface area contributed by atoms with Crippen LogP contribution in [0.25, 0.3) is 0 Å². The zero-order valence-corrected chi connectivity index (χ0v) is 8.38. The molecule has 0 bridgehead atoms. The zero-order valence-electron chi connectivity index (χ0n) is 8.38. The molecule has 0 aromatic heterocycles. The van der Waals surface area contributed by atoms with Gasteiger partial charge < -0.3 is 10.5 Å². The highest BCUT2D eigenvalue weighted by Gasteiger charge is 2.12. The minimum absolute atomic E-state index is 0.0926. The Morgan fingerprint density at radius 3 is 2.13 bits per heavy atom. The van der Waals surface area contributed by atoms with E-state index in [-0.39, 0.29) is 11.3 Å². The fraction of sp³-hybridized carbons (Fsp3) is 0.300. The SMILES string of the molecule is Cc1cc(C(N)=O)cc(C)c1OC(F)F. The maximum Gasteiger partial charge on any atom is 0.387 e. The Kier molecular flexibility index (Phi) is 3.24. The van der Waals surface area contributed by atoms with Gasteiger partial charge in [-0.1, -0.05) is 0 Å². The fourth-order valence-electron chi connectivity index (χ4n) is 1.37. The molecule has 82 valence electrons. The van der Waals surface area contributed by atoms with E-state index >= 15 is 0 Å². The van der Waals surface area contributed by atoms with Gasteiger partial charge >= 0.3 is 6.61 Å². The first-order valence-corrected chi connectivity index (χ1v) is 4.27. The van der Waals surface area contributed by atoms with E-state index in [9.17, 15) is 13.6 Å². The van der Waals surface area contributed by atoms with Crippen LogP contribution in [0, 0.1) is 13.8 Å². The second kappa shape index (κ2) is 4.25. The Balaban J connectivity index is 3.15. The summed E-state index contributed by atoms with van der Waals surface area (Å²) in [7, 11) is 0. The highest BCUT2D eigenvalue weighted by molar-refractivity contribution is 5.93. The lowest BCUT2D eigenvalue weighted by Crippen LogP contribution is -2.12. The number of carbonyl (C=O) groups is 1. The van der Waals surface area contributed by atoms with Crippen LogP contribution in [0.2, 0.25) is 0 Å². The van der Waals surface area contributed by atoms with E-state index in [1.165, 1.54) is 12.1 Å². The largest absolute Gasteiger partial charge is 0.434 e. The van der Waals surface area contributed by atoms with Crippen molar-refractivity contribution in [2.75, 3.05) is 0 Å². The molecular weight excluding hydrogens is 204 g/mol. The van der Waals surface area contributed by atoms with Crippen LogP contribution in [0.15, 0.2) is 12.1 Å². The van der Waals surface area contributed by atoms with Crippen molar-refractivity contribution in [1.29, 1.82) is 0 Å². The summed E-state index contributed by atoms with van der Waals surface area (Å²) < 4.78 is 28.4. The smallest absolute Gasteiger partial charge is 0.387 e. The maximum atomic E-state index is 12.0. The van der Waals surface area contributed by atoms with Crippen molar-refractivity contribution >= 4 is 5.91 Å². The Hall–Kier alpha value is -1.65. The minimum Gasteiger partial charge on any atom is -0.434 e. The summed E-state index contributed by atoms with van der Waals surface area (Å²) in [6, 6.07) is 2.85. The quantitative estimate of drug-likeness (QED) is 0.838. The molecule has 0 spiro atoms.